The summed E-state index contributed by atoms with van der Waals surface area (Å²) < 4.78 is 5.86. The maximum atomic E-state index is 13.7. The van der Waals surface area contributed by atoms with Crippen LogP contribution in [0.15, 0.2) is 72.3 Å². The monoisotopic (exact) mass is 538 g/mol. The third-order valence-electron chi connectivity index (χ3n) is 7.89. The fourth-order valence-electron chi connectivity index (χ4n) is 5.79. The molecule has 2 heterocycles. The maximum absolute atomic E-state index is 13.7. The summed E-state index contributed by atoms with van der Waals surface area (Å²) in [6.45, 7) is 12.7. The third-order valence-corrected chi connectivity index (χ3v) is 7.89. The van der Waals surface area contributed by atoms with Crippen molar-refractivity contribution < 1.29 is 19.4 Å². The number of aliphatic hydroxyl groups is 1. The molecule has 5 rings (SSSR count). The molecule has 40 heavy (non-hydrogen) atoms. The van der Waals surface area contributed by atoms with E-state index in [2.05, 4.69) is 25.7 Å². The molecule has 0 bridgehead atoms. The Morgan fingerprint density at radius 3 is 2.23 bits per heavy atom. The van der Waals surface area contributed by atoms with E-state index < -0.39 is 17.7 Å². The summed E-state index contributed by atoms with van der Waals surface area (Å²) in [4.78, 5) is 31.2. The van der Waals surface area contributed by atoms with Crippen LogP contribution in [0.25, 0.3) is 5.76 Å². The number of benzene rings is 3. The highest BCUT2D eigenvalue weighted by molar-refractivity contribution is 6.51. The lowest BCUT2D eigenvalue weighted by Gasteiger charge is -2.27. The summed E-state index contributed by atoms with van der Waals surface area (Å²) >= 11 is 0. The number of hydrogen-bond acceptors (Lipinski definition) is 5. The van der Waals surface area contributed by atoms with E-state index in [0.29, 0.717) is 17.9 Å². The Bertz CT molecular complexity index is 1460. The topological polar surface area (TPSA) is 70.1 Å². The molecule has 2 aliphatic heterocycles. The van der Waals surface area contributed by atoms with Crippen LogP contribution in [0.2, 0.25) is 0 Å². The number of ether oxygens (including phenoxy) is 1. The molecular weight excluding hydrogens is 500 g/mol. The van der Waals surface area contributed by atoms with Crippen LogP contribution in [0.5, 0.6) is 5.75 Å². The first-order chi connectivity index (χ1) is 19.1. The van der Waals surface area contributed by atoms with Crippen molar-refractivity contribution >= 4 is 28.8 Å². The molecule has 1 N–H and O–H groups in total. The molecule has 208 valence electrons. The van der Waals surface area contributed by atoms with Crippen LogP contribution in [0, 0.1) is 6.92 Å². The second kappa shape index (κ2) is 10.8. The smallest absolute Gasteiger partial charge is 0.300 e. The molecule has 0 radical (unpaired) electrons. The third kappa shape index (κ3) is 4.99. The number of aryl methyl sites for hydroxylation is 1. The van der Waals surface area contributed by atoms with Crippen molar-refractivity contribution in [3.8, 4) is 5.75 Å². The Hall–Kier alpha value is -4.06. The molecule has 2 aliphatic rings. The van der Waals surface area contributed by atoms with E-state index in [1.54, 1.807) is 6.07 Å². The van der Waals surface area contributed by atoms with E-state index in [9.17, 15) is 14.7 Å². The van der Waals surface area contributed by atoms with Gasteiger partial charge in [0.25, 0.3) is 11.7 Å². The largest absolute Gasteiger partial charge is 0.507 e. The molecule has 6 nitrogen and oxygen atoms in total. The molecule has 1 atom stereocenters. The lowest BCUT2D eigenvalue weighted by atomic mass is 9.84. The van der Waals surface area contributed by atoms with Crippen LogP contribution in [-0.4, -0.2) is 36.5 Å². The fraction of sp³-hybridized carbons (Fsp3) is 0.353. The minimum absolute atomic E-state index is 0.0898. The predicted molar refractivity (Wildman–Crippen MR) is 160 cm³/mol. The SMILES string of the molecule is CCOc1ccc(/C(O)=C2\C(=O)C(=O)N(c3ccc(N4CCCC4)cc3)C2c2ccccc2C)cc1C(C)(C)C. The standard InChI is InChI=1S/C34H38N2O4/c1-6-40-28-18-13-23(21-27(28)34(3,4)5)31(37)29-30(26-12-8-7-11-22(26)2)36(33(39)32(29)38)25-16-14-24(15-17-25)35-19-9-10-20-35/h7-8,11-18,21,30,37H,6,9-10,19-20H2,1-5H3/b31-29+. The van der Waals surface area contributed by atoms with Gasteiger partial charge in [-0.3, -0.25) is 14.5 Å². The molecule has 3 aromatic carbocycles. The maximum Gasteiger partial charge on any atom is 0.300 e. The summed E-state index contributed by atoms with van der Waals surface area (Å²) in [6, 6.07) is 20.2. The normalized spacial score (nSPS) is 19.0. The molecule has 0 aliphatic carbocycles. The van der Waals surface area contributed by atoms with E-state index in [4.69, 9.17) is 4.74 Å². The van der Waals surface area contributed by atoms with E-state index in [1.807, 2.05) is 74.5 Å². The average Bonchev–Trinajstić information content (AvgIpc) is 3.56. The van der Waals surface area contributed by atoms with Gasteiger partial charge in [0.2, 0.25) is 0 Å². The highest BCUT2D eigenvalue weighted by Crippen LogP contribution is 2.44. The highest BCUT2D eigenvalue weighted by Gasteiger charge is 2.47. The summed E-state index contributed by atoms with van der Waals surface area (Å²) in [5, 5.41) is 11.7. The number of Topliss-reactive ketones (excluding diaryl/α,β-unsaturated/α-hetero) is 1. The van der Waals surface area contributed by atoms with Gasteiger partial charge in [-0.1, -0.05) is 45.0 Å². The van der Waals surface area contributed by atoms with Crippen molar-refractivity contribution in [2.45, 2.75) is 58.9 Å². The summed E-state index contributed by atoms with van der Waals surface area (Å²) in [7, 11) is 0. The Balaban J connectivity index is 1.66. The Labute approximate surface area is 236 Å². The van der Waals surface area contributed by atoms with Gasteiger partial charge in [-0.15, -0.1) is 0 Å². The van der Waals surface area contributed by atoms with Crippen molar-refractivity contribution in [3.05, 3.63) is 94.6 Å². The Morgan fingerprint density at radius 1 is 0.950 bits per heavy atom. The molecule has 3 aromatic rings. The molecule has 1 unspecified atom stereocenters. The first kappa shape index (κ1) is 27.5. The van der Waals surface area contributed by atoms with Crippen LogP contribution < -0.4 is 14.5 Å². The van der Waals surface area contributed by atoms with Crippen LogP contribution in [0.3, 0.4) is 0 Å². The lowest BCUT2D eigenvalue weighted by Crippen LogP contribution is -2.29. The van der Waals surface area contributed by atoms with Crippen molar-refractivity contribution in [2.75, 3.05) is 29.5 Å². The van der Waals surface area contributed by atoms with Crippen LogP contribution in [0.1, 0.15) is 68.8 Å². The number of ketones is 1. The number of nitrogens with zero attached hydrogens (tertiary/aromatic N) is 2. The minimum atomic E-state index is -0.761. The van der Waals surface area contributed by atoms with E-state index >= 15 is 0 Å². The number of carbonyl (C=O) groups excluding carboxylic acids is 2. The molecule has 2 fully saturated rings. The zero-order valence-corrected chi connectivity index (χ0v) is 24.0. The van der Waals surface area contributed by atoms with Gasteiger partial charge in [0, 0.05) is 35.6 Å². The van der Waals surface area contributed by atoms with Gasteiger partial charge in [0.15, 0.2) is 0 Å². The number of rotatable bonds is 6. The van der Waals surface area contributed by atoms with Crippen molar-refractivity contribution in [1.29, 1.82) is 0 Å². The second-order valence-electron chi connectivity index (χ2n) is 11.6. The number of aliphatic hydroxyl groups excluding tert-OH is 1. The van der Waals surface area contributed by atoms with Gasteiger partial charge < -0.3 is 14.7 Å². The Morgan fingerprint density at radius 2 is 1.60 bits per heavy atom. The number of anilines is 2. The molecule has 1 amide bonds. The zero-order chi connectivity index (χ0) is 28.6. The molecule has 0 aromatic heterocycles. The lowest BCUT2D eigenvalue weighted by molar-refractivity contribution is -0.132. The van der Waals surface area contributed by atoms with Gasteiger partial charge >= 0.3 is 0 Å². The van der Waals surface area contributed by atoms with Crippen LogP contribution >= 0.6 is 0 Å². The second-order valence-corrected chi connectivity index (χ2v) is 11.6. The quantitative estimate of drug-likeness (QED) is 0.210. The van der Waals surface area contributed by atoms with E-state index in [1.165, 1.54) is 17.7 Å². The van der Waals surface area contributed by atoms with Gasteiger partial charge in [0.05, 0.1) is 18.2 Å². The zero-order valence-electron chi connectivity index (χ0n) is 24.0. The Kier molecular flexibility index (Phi) is 7.45. The molecule has 0 saturated carbocycles. The summed E-state index contributed by atoms with van der Waals surface area (Å²) in [6.07, 6.45) is 2.35. The molecular formula is C34H38N2O4. The molecule has 2 saturated heterocycles. The van der Waals surface area contributed by atoms with E-state index in [-0.39, 0.29) is 16.7 Å². The minimum Gasteiger partial charge on any atom is -0.507 e. The predicted octanol–water partition coefficient (Wildman–Crippen LogP) is 6.92. The number of hydrogen-bond donors (Lipinski definition) is 1. The summed E-state index contributed by atoms with van der Waals surface area (Å²) in [5.74, 6) is -0.789. The number of carbonyl (C=O) groups is 2. The van der Waals surface area contributed by atoms with Crippen LogP contribution in [-0.2, 0) is 15.0 Å². The summed E-state index contributed by atoms with van der Waals surface area (Å²) in [5.41, 5.74) is 4.68. The van der Waals surface area contributed by atoms with Crippen molar-refractivity contribution in [2.24, 2.45) is 0 Å². The van der Waals surface area contributed by atoms with Gasteiger partial charge in [-0.05, 0) is 85.7 Å². The van der Waals surface area contributed by atoms with E-state index in [0.717, 1.165) is 41.2 Å². The first-order valence-corrected chi connectivity index (χ1v) is 14.1. The fourth-order valence-corrected chi connectivity index (χ4v) is 5.79. The van der Waals surface area contributed by atoms with Gasteiger partial charge in [0.1, 0.15) is 11.5 Å². The van der Waals surface area contributed by atoms with Gasteiger partial charge in [-0.2, -0.15) is 0 Å². The highest BCUT2D eigenvalue weighted by atomic mass is 16.5. The van der Waals surface area contributed by atoms with Gasteiger partial charge in [-0.25, -0.2) is 0 Å². The van der Waals surface area contributed by atoms with Crippen molar-refractivity contribution in [3.63, 3.8) is 0 Å². The first-order valence-electron chi connectivity index (χ1n) is 14.1. The molecule has 6 heteroatoms. The van der Waals surface area contributed by atoms with Crippen molar-refractivity contribution in [1.82, 2.24) is 0 Å². The number of amides is 1. The molecule has 0 spiro atoms. The van der Waals surface area contributed by atoms with Crippen LogP contribution in [0.4, 0.5) is 11.4 Å². The average molecular weight is 539 g/mol.